The first-order valence-electron chi connectivity index (χ1n) is 5.24. The van der Waals surface area contributed by atoms with Crippen LogP contribution in [0.3, 0.4) is 0 Å². The van der Waals surface area contributed by atoms with Crippen LogP contribution in [0, 0.1) is 29.9 Å². The Balaban J connectivity index is 2.29. The minimum Gasteiger partial charge on any atom is -0.454 e. The van der Waals surface area contributed by atoms with E-state index in [1.807, 2.05) is 6.07 Å². The second-order valence-electron chi connectivity index (χ2n) is 3.77. The molecule has 0 fully saturated rings. The molecule has 18 heavy (non-hydrogen) atoms. The highest BCUT2D eigenvalue weighted by Gasteiger charge is 2.07. The fourth-order valence-electron chi connectivity index (χ4n) is 1.42. The van der Waals surface area contributed by atoms with Gasteiger partial charge < -0.3 is 4.74 Å². The van der Waals surface area contributed by atoms with Crippen molar-refractivity contribution >= 4 is 0 Å². The van der Waals surface area contributed by atoms with Crippen molar-refractivity contribution in [3.05, 3.63) is 59.2 Å². The van der Waals surface area contributed by atoms with Crippen molar-refractivity contribution in [1.82, 2.24) is 0 Å². The van der Waals surface area contributed by atoms with Gasteiger partial charge in [0.25, 0.3) is 0 Å². The molecule has 2 aromatic carbocycles. The van der Waals surface area contributed by atoms with Crippen LogP contribution in [0.25, 0.3) is 0 Å². The normalized spacial score (nSPS) is 9.89. The van der Waals surface area contributed by atoms with Gasteiger partial charge in [0.2, 0.25) is 0 Å². The lowest BCUT2D eigenvalue weighted by molar-refractivity contribution is 0.438. The van der Waals surface area contributed by atoms with Gasteiger partial charge in [-0.05, 0) is 36.8 Å². The predicted octanol–water partition coefficient (Wildman–Crippen LogP) is 3.94. The second kappa shape index (κ2) is 4.84. The van der Waals surface area contributed by atoms with E-state index in [0.717, 1.165) is 6.07 Å². The van der Waals surface area contributed by atoms with Crippen molar-refractivity contribution in [3.63, 3.8) is 0 Å². The minimum atomic E-state index is -0.657. The van der Waals surface area contributed by atoms with Gasteiger partial charge in [-0.3, -0.25) is 0 Å². The van der Waals surface area contributed by atoms with Gasteiger partial charge in [0.1, 0.15) is 11.6 Å². The number of ether oxygens (including phenoxy) is 1. The van der Waals surface area contributed by atoms with Crippen molar-refractivity contribution in [2.75, 3.05) is 0 Å². The zero-order valence-corrected chi connectivity index (χ0v) is 9.58. The molecule has 0 spiro atoms. The van der Waals surface area contributed by atoms with Crippen LogP contribution in [0.2, 0.25) is 0 Å². The van der Waals surface area contributed by atoms with Crippen LogP contribution in [-0.2, 0) is 0 Å². The van der Waals surface area contributed by atoms with Gasteiger partial charge in [0, 0.05) is 6.07 Å². The molecule has 0 aromatic heterocycles. The molecule has 2 nitrogen and oxygen atoms in total. The summed E-state index contributed by atoms with van der Waals surface area (Å²) in [5.41, 5.74) is 0.692. The lowest BCUT2D eigenvalue weighted by Gasteiger charge is -2.07. The molecule has 90 valence electrons. The SMILES string of the molecule is Cc1ccc(Oc2ccc(C#N)cc2F)cc1F. The van der Waals surface area contributed by atoms with E-state index in [1.54, 1.807) is 19.1 Å². The molecule has 0 unspecified atom stereocenters. The number of hydrogen-bond acceptors (Lipinski definition) is 2. The highest BCUT2D eigenvalue weighted by atomic mass is 19.1. The lowest BCUT2D eigenvalue weighted by atomic mass is 10.2. The van der Waals surface area contributed by atoms with Gasteiger partial charge in [-0.2, -0.15) is 5.26 Å². The van der Waals surface area contributed by atoms with Crippen LogP contribution in [0.15, 0.2) is 36.4 Å². The van der Waals surface area contributed by atoms with Crippen molar-refractivity contribution in [1.29, 1.82) is 5.26 Å². The Morgan fingerprint density at radius 1 is 1.06 bits per heavy atom. The summed E-state index contributed by atoms with van der Waals surface area (Å²) in [6, 6.07) is 9.95. The molecule has 0 bridgehead atoms. The van der Waals surface area contributed by atoms with Crippen LogP contribution in [0.1, 0.15) is 11.1 Å². The highest BCUT2D eigenvalue weighted by Crippen LogP contribution is 2.26. The van der Waals surface area contributed by atoms with Crippen LogP contribution < -0.4 is 4.74 Å². The molecular weight excluding hydrogens is 236 g/mol. The van der Waals surface area contributed by atoms with E-state index in [0.29, 0.717) is 5.56 Å². The van der Waals surface area contributed by atoms with Crippen LogP contribution in [-0.4, -0.2) is 0 Å². The van der Waals surface area contributed by atoms with Crippen LogP contribution >= 0.6 is 0 Å². The summed E-state index contributed by atoms with van der Waals surface area (Å²) in [4.78, 5) is 0. The Bertz CT molecular complexity index is 632. The lowest BCUT2D eigenvalue weighted by Crippen LogP contribution is -1.91. The first kappa shape index (κ1) is 12.1. The van der Waals surface area contributed by atoms with Gasteiger partial charge in [-0.1, -0.05) is 6.07 Å². The third-order valence-corrected chi connectivity index (χ3v) is 2.43. The topological polar surface area (TPSA) is 33.0 Å². The van der Waals surface area contributed by atoms with Crippen molar-refractivity contribution in [2.45, 2.75) is 6.92 Å². The molecule has 0 heterocycles. The summed E-state index contributed by atoms with van der Waals surface area (Å²) >= 11 is 0. The smallest absolute Gasteiger partial charge is 0.167 e. The summed E-state index contributed by atoms with van der Waals surface area (Å²) in [6.45, 7) is 1.63. The maximum absolute atomic E-state index is 13.5. The number of nitrogens with zero attached hydrogens (tertiary/aromatic N) is 1. The summed E-state index contributed by atoms with van der Waals surface area (Å²) in [5.74, 6) is -0.907. The maximum Gasteiger partial charge on any atom is 0.167 e. The zero-order chi connectivity index (χ0) is 13.1. The standard InChI is InChI=1S/C14H9F2NO/c1-9-2-4-11(7-12(9)15)18-14-5-3-10(8-17)6-13(14)16/h2-7H,1H3. The molecule has 0 saturated carbocycles. The predicted molar refractivity (Wildman–Crippen MR) is 62.3 cm³/mol. The fourth-order valence-corrected chi connectivity index (χ4v) is 1.42. The van der Waals surface area contributed by atoms with E-state index in [4.69, 9.17) is 10.00 Å². The molecular formula is C14H9F2NO. The average Bonchev–Trinajstić information content (AvgIpc) is 2.36. The molecule has 2 aromatic rings. The van der Waals surface area contributed by atoms with Gasteiger partial charge in [-0.25, -0.2) is 8.78 Å². The number of benzene rings is 2. The van der Waals surface area contributed by atoms with Crippen LogP contribution in [0.5, 0.6) is 11.5 Å². The quantitative estimate of drug-likeness (QED) is 0.802. The second-order valence-corrected chi connectivity index (χ2v) is 3.77. The van der Waals surface area contributed by atoms with E-state index in [-0.39, 0.29) is 17.1 Å². The van der Waals surface area contributed by atoms with Crippen molar-refractivity contribution in [3.8, 4) is 17.6 Å². The third kappa shape index (κ3) is 2.46. The Morgan fingerprint density at radius 3 is 2.44 bits per heavy atom. The van der Waals surface area contributed by atoms with Gasteiger partial charge in [0.15, 0.2) is 11.6 Å². The van der Waals surface area contributed by atoms with E-state index in [2.05, 4.69) is 0 Å². The van der Waals surface area contributed by atoms with E-state index >= 15 is 0 Å². The molecule has 0 aliphatic carbocycles. The molecule has 0 saturated heterocycles. The molecule has 0 amide bonds. The molecule has 0 aliphatic rings. The molecule has 0 atom stereocenters. The third-order valence-electron chi connectivity index (χ3n) is 2.43. The Labute approximate surface area is 103 Å². The number of halogens is 2. The Hall–Kier alpha value is -2.41. The minimum absolute atomic E-state index is 0.0442. The average molecular weight is 245 g/mol. The summed E-state index contributed by atoms with van der Waals surface area (Å²) in [7, 11) is 0. The number of nitriles is 1. The van der Waals surface area contributed by atoms with Gasteiger partial charge >= 0.3 is 0 Å². The first-order chi connectivity index (χ1) is 8.60. The van der Waals surface area contributed by atoms with Crippen molar-refractivity contribution in [2.24, 2.45) is 0 Å². The van der Waals surface area contributed by atoms with E-state index < -0.39 is 11.6 Å². The number of hydrogen-bond donors (Lipinski definition) is 0. The van der Waals surface area contributed by atoms with E-state index in [9.17, 15) is 8.78 Å². The largest absolute Gasteiger partial charge is 0.454 e. The molecule has 0 radical (unpaired) electrons. The van der Waals surface area contributed by atoms with E-state index in [1.165, 1.54) is 18.2 Å². The highest BCUT2D eigenvalue weighted by molar-refractivity contribution is 5.39. The van der Waals surface area contributed by atoms with Gasteiger partial charge in [-0.15, -0.1) is 0 Å². The van der Waals surface area contributed by atoms with Crippen molar-refractivity contribution < 1.29 is 13.5 Å². The molecule has 0 N–H and O–H groups in total. The van der Waals surface area contributed by atoms with Crippen LogP contribution in [0.4, 0.5) is 8.78 Å². The Morgan fingerprint density at radius 2 is 1.83 bits per heavy atom. The summed E-state index contributed by atoms with van der Waals surface area (Å²) < 4.78 is 32.0. The maximum atomic E-state index is 13.5. The first-order valence-corrected chi connectivity index (χ1v) is 5.24. The fraction of sp³-hybridized carbons (Fsp3) is 0.0714. The molecule has 2 rings (SSSR count). The zero-order valence-electron chi connectivity index (χ0n) is 9.58. The number of rotatable bonds is 2. The van der Waals surface area contributed by atoms with Gasteiger partial charge in [0.05, 0.1) is 11.6 Å². The monoisotopic (exact) mass is 245 g/mol. The molecule has 0 aliphatic heterocycles. The number of aryl methyl sites for hydroxylation is 1. The summed E-state index contributed by atoms with van der Waals surface area (Å²) in [5, 5.41) is 8.60. The molecule has 4 heteroatoms. The Kier molecular flexibility index (Phi) is 3.24. The summed E-state index contributed by atoms with van der Waals surface area (Å²) in [6.07, 6.45) is 0.